The summed E-state index contributed by atoms with van der Waals surface area (Å²) < 4.78 is 3.57. The van der Waals surface area contributed by atoms with Gasteiger partial charge in [0.1, 0.15) is 0 Å². The monoisotopic (exact) mass is 270 g/mol. The van der Waals surface area contributed by atoms with Gasteiger partial charge in [-0.05, 0) is 41.5 Å². The van der Waals surface area contributed by atoms with E-state index >= 15 is 0 Å². The van der Waals surface area contributed by atoms with Crippen LogP contribution in [0.3, 0.4) is 0 Å². The average molecular weight is 270 g/mol. The van der Waals surface area contributed by atoms with Crippen LogP contribution in [0, 0.1) is 0 Å². The molecule has 98 valence electrons. The number of nitrogens with one attached hydrogen (secondary N) is 1. The molecule has 1 unspecified atom stereocenters. The lowest BCUT2D eigenvalue weighted by Gasteiger charge is -2.13. The van der Waals surface area contributed by atoms with Crippen LogP contribution in [0.15, 0.2) is 54.2 Å². The zero-order valence-corrected chi connectivity index (χ0v) is 11.9. The molecule has 0 spiro atoms. The van der Waals surface area contributed by atoms with Crippen molar-refractivity contribution in [3.05, 3.63) is 59.7 Å². The Hall–Kier alpha value is -1.58. The summed E-state index contributed by atoms with van der Waals surface area (Å²) in [6.07, 6.45) is 4.21. The molecule has 1 atom stereocenters. The highest BCUT2D eigenvalue weighted by Crippen LogP contribution is 2.29. The maximum absolute atomic E-state index is 3.60. The normalized spacial score (nSPS) is 12.9. The van der Waals surface area contributed by atoms with Gasteiger partial charge in [0.15, 0.2) is 0 Å². The second-order valence-corrected chi connectivity index (χ2v) is 5.70. The molecule has 2 heterocycles. The first-order chi connectivity index (χ1) is 9.34. The molecule has 0 fully saturated rings. The van der Waals surface area contributed by atoms with Crippen molar-refractivity contribution in [3.8, 4) is 0 Å². The molecular formula is C16H18N2S. The van der Waals surface area contributed by atoms with E-state index in [1.54, 1.807) is 0 Å². The quantitative estimate of drug-likeness (QED) is 0.740. The van der Waals surface area contributed by atoms with E-state index in [1.165, 1.54) is 15.6 Å². The van der Waals surface area contributed by atoms with Gasteiger partial charge in [0.05, 0.1) is 0 Å². The van der Waals surface area contributed by atoms with E-state index in [1.807, 2.05) is 11.3 Å². The number of hydrogen-bond donors (Lipinski definition) is 1. The van der Waals surface area contributed by atoms with Gasteiger partial charge in [0.2, 0.25) is 0 Å². The Morgan fingerprint density at radius 1 is 1.16 bits per heavy atom. The van der Waals surface area contributed by atoms with Crippen molar-refractivity contribution in [2.45, 2.75) is 19.5 Å². The SMILES string of the molecule is CC(NCCn1cccc1)c1csc2ccccc12. The Labute approximate surface area is 117 Å². The standard InChI is InChI=1S/C16H18N2S/c1-13(17-8-11-18-9-4-5-10-18)15-12-19-16-7-3-2-6-14(15)16/h2-7,9-10,12-13,17H,8,11H2,1H3. The van der Waals surface area contributed by atoms with Crippen LogP contribution < -0.4 is 5.32 Å². The molecule has 0 aliphatic heterocycles. The number of nitrogens with zero attached hydrogens (tertiary/aromatic N) is 1. The van der Waals surface area contributed by atoms with Crippen LogP contribution in [0.2, 0.25) is 0 Å². The van der Waals surface area contributed by atoms with Gasteiger partial charge in [-0.1, -0.05) is 18.2 Å². The van der Waals surface area contributed by atoms with Crippen molar-refractivity contribution in [1.82, 2.24) is 9.88 Å². The Balaban J connectivity index is 1.65. The molecule has 3 heteroatoms. The predicted molar refractivity (Wildman–Crippen MR) is 82.7 cm³/mol. The third kappa shape index (κ3) is 2.72. The lowest BCUT2D eigenvalue weighted by molar-refractivity contribution is 0.535. The van der Waals surface area contributed by atoms with Crippen molar-refractivity contribution >= 4 is 21.4 Å². The summed E-state index contributed by atoms with van der Waals surface area (Å²) in [6, 6.07) is 13.1. The van der Waals surface area contributed by atoms with Gasteiger partial charge in [0, 0.05) is 36.2 Å². The number of fused-ring (bicyclic) bond motifs is 1. The fourth-order valence-electron chi connectivity index (χ4n) is 2.37. The first-order valence-corrected chi connectivity index (χ1v) is 7.53. The topological polar surface area (TPSA) is 17.0 Å². The number of rotatable bonds is 5. The second-order valence-electron chi connectivity index (χ2n) is 4.78. The molecule has 2 nitrogen and oxygen atoms in total. The molecule has 0 saturated carbocycles. The Bertz CT molecular complexity index is 640. The Kier molecular flexibility index (Phi) is 3.67. The lowest BCUT2D eigenvalue weighted by Crippen LogP contribution is -2.22. The van der Waals surface area contributed by atoms with Gasteiger partial charge in [-0.25, -0.2) is 0 Å². The minimum atomic E-state index is 0.395. The largest absolute Gasteiger partial charge is 0.353 e. The average Bonchev–Trinajstić information content (AvgIpc) is 3.07. The highest BCUT2D eigenvalue weighted by molar-refractivity contribution is 7.17. The Morgan fingerprint density at radius 2 is 1.95 bits per heavy atom. The summed E-state index contributed by atoms with van der Waals surface area (Å²) in [5.41, 5.74) is 1.41. The van der Waals surface area contributed by atoms with Crippen LogP contribution in [-0.4, -0.2) is 11.1 Å². The predicted octanol–water partition coefficient (Wildman–Crippen LogP) is 4.05. The zero-order chi connectivity index (χ0) is 13.1. The van der Waals surface area contributed by atoms with E-state index in [0.717, 1.165) is 13.1 Å². The van der Waals surface area contributed by atoms with Crippen LogP contribution >= 0.6 is 11.3 Å². The van der Waals surface area contributed by atoms with Crippen LogP contribution in [-0.2, 0) is 6.54 Å². The molecule has 0 aliphatic carbocycles. The third-order valence-electron chi connectivity index (χ3n) is 3.46. The second kappa shape index (κ2) is 5.59. The minimum Gasteiger partial charge on any atom is -0.353 e. The molecule has 0 amide bonds. The van der Waals surface area contributed by atoms with Crippen molar-refractivity contribution in [2.24, 2.45) is 0 Å². The summed E-state index contributed by atoms with van der Waals surface area (Å²) in [5.74, 6) is 0. The molecule has 3 rings (SSSR count). The molecule has 1 N–H and O–H groups in total. The van der Waals surface area contributed by atoms with Crippen molar-refractivity contribution in [3.63, 3.8) is 0 Å². The molecule has 2 aromatic heterocycles. The maximum atomic E-state index is 3.60. The van der Waals surface area contributed by atoms with Gasteiger partial charge >= 0.3 is 0 Å². The molecule has 1 aromatic carbocycles. The lowest BCUT2D eigenvalue weighted by atomic mass is 10.1. The summed E-state index contributed by atoms with van der Waals surface area (Å²) >= 11 is 1.83. The number of hydrogen-bond acceptors (Lipinski definition) is 2. The van der Waals surface area contributed by atoms with Crippen LogP contribution in [0.25, 0.3) is 10.1 Å². The van der Waals surface area contributed by atoms with E-state index in [0.29, 0.717) is 6.04 Å². The van der Waals surface area contributed by atoms with Crippen molar-refractivity contribution in [1.29, 1.82) is 0 Å². The van der Waals surface area contributed by atoms with E-state index in [2.05, 4.69) is 71.0 Å². The molecule has 0 bridgehead atoms. The van der Waals surface area contributed by atoms with Crippen LogP contribution in [0.5, 0.6) is 0 Å². The van der Waals surface area contributed by atoms with E-state index in [4.69, 9.17) is 0 Å². The summed E-state index contributed by atoms with van der Waals surface area (Å²) in [5, 5.41) is 7.26. The zero-order valence-electron chi connectivity index (χ0n) is 11.0. The fraction of sp³-hybridized carbons (Fsp3) is 0.250. The highest BCUT2D eigenvalue weighted by atomic mass is 32.1. The minimum absolute atomic E-state index is 0.395. The molecule has 0 radical (unpaired) electrons. The van der Waals surface area contributed by atoms with Gasteiger partial charge in [0.25, 0.3) is 0 Å². The van der Waals surface area contributed by atoms with E-state index in [-0.39, 0.29) is 0 Å². The summed E-state index contributed by atoms with van der Waals surface area (Å²) in [6.45, 7) is 4.24. The Morgan fingerprint density at radius 3 is 2.79 bits per heavy atom. The van der Waals surface area contributed by atoms with Gasteiger partial charge in [-0.2, -0.15) is 0 Å². The van der Waals surface area contributed by atoms with Crippen molar-refractivity contribution in [2.75, 3.05) is 6.54 Å². The number of benzene rings is 1. The van der Waals surface area contributed by atoms with Crippen LogP contribution in [0.1, 0.15) is 18.5 Å². The number of aromatic nitrogens is 1. The summed E-state index contributed by atoms with van der Waals surface area (Å²) in [7, 11) is 0. The molecule has 19 heavy (non-hydrogen) atoms. The fourth-order valence-corrected chi connectivity index (χ4v) is 3.43. The van der Waals surface area contributed by atoms with Gasteiger partial charge in [-0.3, -0.25) is 0 Å². The van der Waals surface area contributed by atoms with Crippen molar-refractivity contribution < 1.29 is 0 Å². The van der Waals surface area contributed by atoms with E-state index in [9.17, 15) is 0 Å². The molecule has 3 aromatic rings. The maximum Gasteiger partial charge on any atom is 0.0346 e. The van der Waals surface area contributed by atoms with Crippen LogP contribution in [0.4, 0.5) is 0 Å². The third-order valence-corrected chi connectivity index (χ3v) is 4.45. The molecular weight excluding hydrogens is 252 g/mol. The first-order valence-electron chi connectivity index (χ1n) is 6.65. The molecule has 0 saturated heterocycles. The van der Waals surface area contributed by atoms with E-state index < -0.39 is 0 Å². The highest BCUT2D eigenvalue weighted by Gasteiger charge is 2.10. The smallest absolute Gasteiger partial charge is 0.0346 e. The summed E-state index contributed by atoms with van der Waals surface area (Å²) in [4.78, 5) is 0. The number of thiophene rings is 1. The van der Waals surface area contributed by atoms with Gasteiger partial charge in [-0.15, -0.1) is 11.3 Å². The first kappa shape index (κ1) is 12.5. The molecule has 0 aliphatic rings. The van der Waals surface area contributed by atoms with Gasteiger partial charge < -0.3 is 9.88 Å².